The molecular formula is C18H15BrN4O3. The average molecular weight is 415 g/mol. The van der Waals surface area contributed by atoms with Crippen molar-refractivity contribution in [2.75, 3.05) is 5.32 Å². The Bertz CT molecular complexity index is 1030. The van der Waals surface area contributed by atoms with Crippen LogP contribution >= 0.6 is 15.9 Å². The minimum atomic E-state index is -0.541. The SMILES string of the molecule is O=C(Cn1c(=O)ccn(Cc2ccccc2)c1=O)Nc1ccc(Br)cn1. The van der Waals surface area contributed by atoms with Crippen molar-refractivity contribution in [3.05, 3.63) is 91.8 Å². The number of benzene rings is 1. The molecule has 0 bridgehead atoms. The van der Waals surface area contributed by atoms with Crippen molar-refractivity contribution in [3.8, 4) is 0 Å². The van der Waals surface area contributed by atoms with Gasteiger partial charge in [0.2, 0.25) is 5.91 Å². The summed E-state index contributed by atoms with van der Waals surface area (Å²) in [5, 5.41) is 2.56. The van der Waals surface area contributed by atoms with Crippen LogP contribution in [0.2, 0.25) is 0 Å². The predicted molar refractivity (Wildman–Crippen MR) is 101 cm³/mol. The van der Waals surface area contributed by atoms with Gasteiger partial charge in [0, 0.05) is 22.9 Å². The molecule has 2 aromatic heterocycles. The fraction of sp³-hybridized carbons (Fsp3) is 0.111. The molecule has 0 aliphatic rings. The van der Waals surface area contributed by atoms with Crippen LogP contribution in [-0.2, 0) is 17.9 Å². The molecule has 0 saturated heterocycles. The monoisotopic (exact) mass is 414 g/mol. The molecule has 26 heavy (non-hydrogen) atoms. The van der Waals surface area contributed by atoms with Gasteiger partial charge in [0.25, 0.3) is 5.56 Å². The first-order chi connectivity index (χ1) is 12.5. The van der Waals surface area contributed by atoms with E-state index in [1.807, 2.05) is 30.3 Å². The van der Waals surface area contributed by atoms with E-state index in [1.54, 1.807) is 12.1 Å². The lowest BCUT2D eigenvalue weighted by Gasteiger charge is -2.10. The topological polar surface area (TPSA) is 86.0 Å². The number of nitrogens with zero attached hydrogens (tertiary/aromatic N) is 3. The number of rotatable bonds is 5. The Morgan fingerprint density at radius 3 is 2.54 bits per heavy atom. The standard InChI is InChI=1S/C18H15BrN4O3/c19-14-6-7-15(20-10-14)21-16(24)12-23-17(25)8-9-22(18(23)26)11-13-4-2-1-3-5-13/h1-10H,11-12H2,(H,20,21,24). The van der Waals surface area contributed by atoms with Crippen molar-refractivity contribution in [2.24, 2.45) is 0 Å². The highest BCUT2D eigenvalue weighted by Crippen LogP contribution is 2.10. The van der Waals surface area contributed by atoms with E-state index in [9.17, 15) is 14.4 Å². The van der Waals surface area contributed by atoms with Crippen molar-refractivity contribution >= 4 is 27.7 Å². The number of halogens is 1. The summed E-state index contributed by atoms with van der Waals surface area (Å²) < 4.78 is 3.07. The molecule has 0 unspecified atom stereocenters. The van der Waals surface area contributed by atoms with Crippen LogP contribution in [0.15, 0.2) is 75.0 Å². The van der Waals surface area contributed by atoms with Crippen LogP contribution in [-0.4, -0.2) is 20.0 Å². The number of carbonyl (C=O) groups is 1. The Balaban J connectivity index is 1.79. The van der Waals surface area contributed by atoms with Crippen molar-refractivity contribution in [3.63, 3.8) is 0 Å². The lowest BCUT2D eigenvalue weighted by atomic mass is 10.2. The first kappa shape index (κ1) is 17.8. The van der Waals surface area contributed by atoms with Crippen molar-refractivity contribution in [1.82, 2.24) is 14.1 Å². The number of amides is 1. The highest BCUT2D eigenvalue weighted by atomic mass is 79.9. The van der Waals surface area contributed by atoms with Crippen molar-refractivity contribution in [1.29, 1.82) is 0 Å². The summed E-state index contributed by atoms with van der Waals surface area (Å²) in [6.07, 6.45) is 2.97. The molecule has 1 aromatic carbocycles. The molecule has 0 fully saturated rings. The number of anilines is 1. The summed E-state index contributed by atoms with van der Waals surface area (Å²) in [7, 11) is 0. The molecule has 8 heteroatoms. The third-order valence-electron chi connectivity index (χ3n) is 3.63. The van der Waals surface area contributed by atoms with Gasteiger partial charge in [-0.05, 0) is 33.6 Å². The van der Waals surface area contributed by atoms with E-state index in [2.05, 4.69) is 26.2 Å². The molecule has 0 spiro atoms. The Kier molecular flexibility index (Phi) is 5.43. The summed E-state index contributed by atoms with van der Waals surface area (Å²) in [5.74, 6) is -0.164. The van der Waals surface area contributed by atoms with E-state index in [4.69, 9.17) is 0 Å². The fourth-order valence-corrected chi connectivity index (χ4v) is 2.61. The van der Waals surface area contributed by atoms with Crippen LogP contribution in [0.5, 0.6) is 0 Å². The van der Waals surface area contributed by atoms with E-state index < -0.39 is 17.2 Å². The molecule has 1 N–H and O–H groups in total. The van der Waals surface area contributed by atoms with Gasteiger partial charge in [0.1, 0.15) is 12.4 Å². The van der Waals surface area contributed by atoms with Gasteiger partial charge < -0.3 is 5.32 Å². The van der Waals surface area contributed by atoms with Gasteiger partial charge in [-0.2, -0.15) is 0 Å². The fourth-order valence-electron chi connectivity index (χ4n) is 2.38. The van der Waals surface area contributed by atoms with E-state index in [0.29, 0.717) is 12.4 Å². The number of aromatic nitrogens is 3. The summed E-state index contributed by atoms with van der Waals surface area (Å²) in [6, 6.07) is 14.0. The lowest BCUT2D eigenvalue weighted by molar-refractivity contribution is -0.116. The van der Waals surface area contributed by atoms with Gasteiger partial charge >= 0.3 is 5.69 Å². The minimum Gasteiger partial charge on any atom is -0.309 e. The summed E-state index contributed by atoms with van der Waals surface area (Å²) in [5.41, 5.74) is -0.151. The van der Waals surface area contributed by atoms with Crippen molar-refractivity contribution < 1.29 is 4.79 Å². The third kappa shape index (κ3) is 4.34. The molecule has 2 heterocycles. The first-order valence-electron chi connectivity index (χ1n) is 7.78. The zero-order valence-corrected chi connectivity index (χ0v) is 15.2. The third-order valence-corrected chi connectivity index (χ3v) is 4.10. The second-order valence-corrected chi connectivity index (χ2v) is 6.46. The van der Waals surface area contributed by atoms with E-state index in [0.717, 1.165) is 14.6 Å². The number of nitrogens with one attached hydrogen (secondary N) is 1. The number of hydrogen-bond donors (Lipinski definition) is 1. The Labute approximate surface area is 157 Å². The predicted octanol–water partition coefficient (Wildman–Crippen LogP) is 1.85. The van der Waals surface area contributed by atoms with E-state index >= 15 is 0 Å². The largest absolute Gasteiger partial charge is 0.331 e. The first-order valence-corrected chi connectivity index (χ1v) is 8.58. The van der Waals surface area contributed by atoms with Crippen LogP contribution in [0.1, 0.15) is 5.56 Å². The van der Waals surface area contributed by atoms with Gasteiger partial charge in [-0.15, -0.1) is 0 Å². The Morgan fingerprint density at radius 2 is 1.85 bits per heavy atom. The molecule has 0 radical (unpaired) electrons. The molecule has 1 amide bonds. The zero-order valence-electron chi connectivity index (χ0n) is 13.6. The molecule has 3 aromatic rings. The van der Waals surface area contributed by atoms with Gasteiger partial charge in [-0.3, -0.25) is 18.7 Å². The summed E-state index contributed by atoms with van der Waals surface area (Å²) in [6.45, 7) is -0.0686. The Morgan fingerprint density at radius 1 is 1.08 bits per heavy atom. The maximum absolute atomic E-state index is 12.6. The maximum atomic E-state index is 12.6. The molecular weight excluding hydrogens is 400 g/mol. The highest BCUT2D eigenvalue weighted by Gasteiger charge is 2.11. The van der Waals surface area contributed by atoms with E-state index in [-0.39, 0.29) is 6.54 Å². The second kappa shape index (κ2) is 7.92. The molecule has 0 aliphatic carbocycles. The number of carbonyl (C=O) groups excluding carboxylic acids is 1. The van der Waals surface area contributed by atoms with Gasteiger partial charge in [0.15, 0.2) is 0 Å². The molecule has 7 nitrogen and oxygen atoms in total. The van der Waals surface area contributed by atoms with Gasteiger partial charge in [0.05, 0.1) is 6.54 Å². The zero-order chi connectivity index (χ0) is 18.5. The summed E-state index contributed by atoms with van der Waals surface area (Å²) >= 11 is 3.25. The van der Waals surface area contributed by atoms with Crippen LogP contribution in [0.4, 0.5) is 5.82 Å². The number of pyridine rings is 1. The van der Waals surface area contributed by atoms with Crippen molar-refractivity contribution in [2.45, 2.75) is 13.1 Å². The summed E-state index contributed by atoms with van der Waals surface area (Å²) in [4.78, 5) is 40.8. The molecule has 3 rings (SSSR count). The molecule has 0 aliphatic heterocycles. The second-order valence-electron chi connectivity index (χ2n) is 5.55. The van der Waals surface area contributed by atoms with Crippen LogP contribution in [0.3, 0.4) is 0 Å². The van der Waals surface area contributed by atoms with E-state index in [1.165, 1.54) is 23.0 Å². The normalized spacial score (nSPS) is 10.5. The minimum absolute atomic E-state index is 0.315. The van der Waals surface area contributed by atoms with Gasteiger partial charge in [-0.1, -0.05) is 30.3 Å². The van der Waals surface area contributed by atoms with Crippen LogP contribution in [0.25, 0.3) is 0 Å². The maximum Gasteiger partial charge on any atom is 0.331 e. The highest BCUT2D eigenvalue weighted by molar-refractivity contribution is 9.10. The van der Waals surface area contributed by atoms with Crippen LogP contribution in [0, 0.1) is 0 Å². The quantitative estimate of drug-likeness (QED) is 0.690. The Hall–Kier alpha value is -3.00. The number of hydrogen-bond acceptors (Lipinski definition) is 4. The van der Waals surface area contributed by atoms with Gasteiger partial charge in [-0.25, -0.2) is 9.78 Å². The van der Waals surface area contributed by atoms with Crippen LogP contribution < -0.4 is 16.6 Å². The molecule has 132 valence electrons. The average Bonchev–Trinajstić information content (AvgIpc) is 2.64. The molecule has 0 atom stereocenters. The molecule has 0 saturated carbocycles. The smallest absolute Gasteiger partial charge is 0.309 e. The lowest BCUT2D eigenvalue weighted by Crippen LogP contribution is -2.41.